The van der Waals surface area contributed by atoms with Gasteiger partial charge in [0.15, 0.2) is 0 Å². The molecule has 1 atom stereocenters. The summed E-state index contributed by atoms with van der Waals surface area (Å²) in [7, 11) is 1.56. The summed E-state index contributed by atoms with van der Waals surface area (Å²) in [6.45, 7) is 1.11. The number of para-hydroxylation sites is 2. The molecular formula is C23H25N3O5. The minimum absolute atomic E-state index is 0.0296. The maximum atomic E-state index is 13.0. The molecular weight excluding hydrogens is 398 g/mol. The highest BCUT2D eigenvalue weighted by molar-refractivity contribution is 6.22. The van der Waals surface area contributed by atoms with Gasteiger partial charge >= 0.3 is 0 Å². The summed E-state index contributed by atoms with van der Waals surface area (Å²) < 4.78 is 5.13. The number of hydrogen-bond donors (Lipinski definition) is 2. The number of methoxy groups -OCH3 is 1. The number of rotatable bonds is 5. The first-order valence-electron chi connectivity index (χ1n) is 10.3. The number of nitrogens with one attached hydrogen (secondary N) is 1. The van der Waals surface area contributed by atoms with E-state index in [1.807, 2.05) is 4.90 Å². The molecule has 0 bridgehead atoms. The van der Waals surface area contributed by atoms with Crippen molar-refractivity contribution in [1.29, 1.82) is 0 Å². The predicted octanol–water partition coefficient (Wildman–Crippen LogP) is 2.38. The first-order valence-corrected chi connectivity index (χ1v) is 10.3. The maximum absolute atomic E-state index is 13.0. The fraction of sp³-hybridized carbons (Fsp3) is 0.348. The number of nitrogens with zero attached hydrogens (tertiary/aromatic N) is 2. The summed E-state index contributed by atoms with van der Waals surface area (Å²) in [5.41, 5.74) is 0.928. The smallest absolute Gasteiger partial charge is 0.251 e. The van der Waals surface area contributed by atoms with E-state index in [2.05, 4.69) is 5.32 Å². The van der Waals surface area contributed by atoms with Crippen molar-refractivity contribution in [2.24, 2.45) is 5.92 Å². The van der Waals surface area contributed by atoms with E-state index in [-0.39, 0.29) is 35.8 Å². The first kappa shape index (κ1) is 20.9. The van der Waals surface area contributed by atoms with Crippen molar-refractivity contribution in [3.05, 3.63) is 48.5 Å². The Balaban J connectivity index is 1.36. The molecule has 0 saturated carbocycles. The van der Waals surface area contributed by atoms with Gasteiger partial charge in [0, 0.05) is 5.92 Å². The summed E-state index contributed by atoms with van der Waals surface area (Å²) in [4.78, 5) is 41.4. The Hall–Kier alpha value is -3.39. The Morgan fingerprint density at radius 1 is 1.06 bits per heavy atom. The van der Waals surface area contributed by atoms with Gasteiger partial charge in [0.1, 0.15) is 11.5 Å². The molecule has 3 amide bonds. The van der Waals surface area contributed by atoms with E-state index in [9.17, 15) is 19.5 Å². The molecule has 31 heavy (non-hydrogen) atoms. The number of amides is 3. The van der Waals surface area contributed by atoms with Crippen LogP contribution in [0.2, 0.25) is 0 Å². The summed E-state index contributed by atoms with van der Waals surface area (Å²) in [5.74, 6) is -0.118. The van der Waals surface area contributed by atoms with Gasteiger partial charge in [-0.25, -0.2) is 4.90 Å². The molecule has 0 aromatic heterocycles. The second kappa shape index (κ2) is 8.77. The average molecular weight is 423 g/mol. The van der Waals surface area contributed by atoms with Crippen molar-refractivity contribution in [3.63, 3.8) is 0 Å². The Morgan fingerprint density at radius 2 is 1.74 bits per heavy atom. The second-order valence-electron chi connectivity index (χ2n) is 7.80. The number of likely N-dealkylation sites (tertiary alicyclic amines) is 1. The largest absolute Gasteiger partial charge is 0.506 e. The van der Waals surface area contributed by atoms with Crippen molar-refractivity contribution >= 4 is 29.1 Å². The van der Waals surface area contributed by atoms with Gasteiger partial charge in [0.25, 0.3) is 5.91 Å². The minimum Gasteiger partial charge on any atom is -0.506 e. The van der Waals surface area contributed by atoms with Crippen LogP contribution in [0.3, 0.4) is 0 Å². The molecule has 2 aliphatic heterocycles. The number of aromatic hydroxyl groups is 1. The molecule has 2 aliphatic rings. The van der Waals surface area contributed by atoms with E-state index in [4.69, 9.17) is 4.74 Å². The third kappa shape index (κ3) is 4.25. The number of phenols is 1. The van der Waals surface area contributed by atoms with E-state index in [0.717, 1.165) is 0 Å². The number of hydrogen-bond acceptors (Lipinski definition) is 6. The predicted molar refractivity (Wildman–Crippen MR) is 115 cm³/mol. The second-order valence-corrected chi connectivity index (χ2v) is 7.80. The molecule has 2 fully saturated rings. The molecule has 0 aliphatic carbocycles. The number of benzene rings is 2. The van der Waals surface area contributed by atoms with Crippen LogP contribution in [0.15, 0.2) is 48.5 Å². The lowest BCUT2D eigenvalue weighted by Crippen LogP contribution is -2.47. The quantitative estimate of drug-likeness (QED) is 0.566. The molecule has 8 nitrogen and oxygen atoms in total. The number of carbonyl (C=O) groups is 3. The zero-order chi connectivity index (χ0) is 22.0. The minimum atomic E-state index is -0.503. The zero-order valence-electron chi connectivity index (χ0n) is 17.3. The van der Waals surface area contributed by atoms with E-state index < -0.39 is 6.04 Å². The van der Waals surface area contributed by atoms with Gasteiger partial charge in [0.05, 0.1) is 30.9 Å². The highest BCUT2D eigenvalue weighted by Crippen LogP contribution is 2.30. The van der Waals surface area contributed by atoms with Crippen LogP contribution in [0.4, 0.5) is 11.4 Å². The van der Waals surface area contributed by atoms with Crippen LogP contribution in [-0.4, -0.2) is 54.0 Å². The molecule has 2 saturated heterocycles. The molecule has 2 N–H and O–H groups in total. The number of anilines is 2. The molecule has 2 heterocycles. The molecule has 4 rings (SSSR count). The summed E-state index contributed by atoms with van der Waals surface area (Å²) in [6.07, 6.45) is 1.31. The van der Waals surface area contributed by atoms with Gasteiger partial charge in [-0.15, -0.1) is 0 Å². The lowest BCUT2D eigenvalue weighted by Gasteiger charge is -2.34. The van der Waals surface area contributed by atoms with Crippen LogP contribution in [0.25, 0.3) is 0 Å². The summed E-state index contributed by atoms with van der Waals surface area (Å²) in [5, 5.41) is 12.6. The van der Waals surface area contributed by atoms with E-state index in [1.54, 1.807) is 49.6 Å². The SMILES string of the molecule is COc1ccc(N2C(=O)C[C@@H](N3CCC(C(=O)Nc4ccccc4O)CC3)C2=O)cc1. The van der Waals surface area contributed by atoms with Crippen LogP contribution in [0.1, 0.15) is 19.3 Å². The van der Waals surface area contributed by atoms with Gasteiger partial charge in [-0.05, 0) is 62.3 Å². The van der Waals surface area contributed by atoms with Crippen LogP contribution >= 0.6 is 0 Å². The number of ether oxygens (including phenoxy) is 1. The zero-order valence-corrected chi connectivity index (χ0v) is 17.3. The molecule has 0 spiro atoms. The summed E-state index contributed by atoms with van der Waals surface area (Å²) >= 11 is 0. The van der Waals surface area contributed by atoms with Crippen LogP contribution in [0, 0.1) is 5.92 Å². The van der Waals surface area contributed by atoms with Crippen molar-refractivity contribution in [2.45, 2.75) is 25.3 Å². The fourth-order valence-electron chi connectivity index (χ4n) is 4.19. The number of carbonyl (C=O) groups excluding carboxylic acids is 3. The molecule has 162 valence electrons. The van der Waals surface area contributed by atoms with Crippen molar-refractivity contribution in [1.82, 2.24) is 4.90 Å². The monoisotopic (exact) mass is 423 g/mol. The topological polar surface area (TPSA) is 99.2 Å². The van der Waals surface area contributed by atoms with Gasteiger partial charge in [0.2, 0.25) is 11.8 Å². The van der Waals surface area contributed by atoms with Gasteiger partial charge < -0.3 is 15.2 Å². The first-order chi connectivity index (χ1) is 15.0. The van der Waals surface area contributed by atoms with Gasteiger partial charge in [-0.1, -0.05) is 12.1 Å². The standard InChI is InChI=1S/C23H25N3O5/c1-31-17-8-6-16(7-9-17)26-21(28)14-19(23(26)30)25-12-10-15(11-13-25)22(29)24-18-4-2-3-5-20(18)27/h2-9,15,19,27H,10-14H2,1H3,(H,24,29)/t19-/m1/s1. The fourth-order valence-corrected chi connectivity index (χ4v) is 4.19. The van der Waals surface area contributed by atoms with Crippen LogP contribution < -0.4 is 15.0 Å². The maximum Gasteiger partial charge on any atom is 0.251 e. The lowest BCUT2D eigenvalue weighted by atomic mass is 9.94. The van der Waals surface area contributed by atoms with E-state index >= 15 is 0 Å². The van der Waals surface area contributed by atoms with Crippen LogP contribution in [-0.2, 0) is 14.4 Å². The molecule has 8 heteroatoms. The Morgan fingerprint density at radius 3 is 2.39 bits per heavy atom. The highest BCUT2D eigenvalue weighted by Gasteiger charge is 2.43. The number of phenolic OH excluding ortho intramolecular Hbond substituents is 1. The van der Waals surface area contributed by atoms with Gasteiger partial charge in [-0.2, -0.15) is 0 Å². The normalized spacial score (nSPS) is 20.2. The molecule has 2 aromatic carbocycles. The Kier molecular flexibility index (Phi) is 5.90. The summed E-state index contributed by atoms with van der Waals surface area (Å²) in [6, 6.07) is 13.0. The Labute approximate surface area is 180 Å². The molecule has 0 radical (unpaired) electrons. The van der Waals surface area contributed by atoms with Crippen molar-refractivity contribution in [3.8, 4) is 11.5 Å². The van der Waals surface area contributed by atoms with Crippen LogP contribution in [0.5, 0.6) is 11.5 Å². The molecule has 0 unspecified atom stereocenters. The number of imide groups is 1. The third-order valence-corrected chi connectivity index (χ3v) is 5.96. The van der Waals surface area contributed by atoms with Crippen molar-refractivity contribution in [2.75, 3.05) is 30.4 Å². The van der Waals surface area contributed by atoms with Gasteiger partial charge in [-0.3, -0.25) is 19.3 Å². The average Bonchev–Trinajstić information content (AvgIpc) is 3.09. The Bertz CT molecular complexity index is 983. The molecule has 2 aromatic rings. The third-order valence-electron chi connectivity index (χ3n) is 5.96. The van der Waals surface area contributed by atoms with Crippen molar-refractivity contribution < 1.29 is 24.2 Å². The number of piperidine rings is 1. The lowest BCUT2D eigenvalue weighted by molar-refractivity contribution is -0.123. The van der Waals surface area contributed by atoms with E-state index in [0.29, 0.717) is 43.1 Å². The van der Waals surface area contributed by atoms with E-state index in [1.165, 1.54) is 11.0 Å². The highest BCUT2D eigenvalue weighted by atomic mass is 16.5.